The highest BCUT2D eigenvalue weighted by Crippen LogP contribution is 2.35. The number of hydrogen-bond acceptors (Lipinski definition) is 4. The van der Waals surface area contributed by atoms with Crippen LogP contribution in [0.2, 0.25) is 5.02 Å². The molecule has 1 aromatic heterocycles. The van der Waals surface area contributed by atoms with Gasteiger partial charge in [0, 0.05) is 22.0 Å². The molecule has 31 heavy (non-hydrogen) atoms. The highest BCUT2D eigenvalue weighted by molar-refractivity contribution is 6.30. The molecule has 0 unspecified atom stereocenters. The van der Waals surface area contributed by atoms with Gasteiger partial charge in [-0.2, -0.15) is 0 Å². The molecule has 0 fully saturated rings. The van der Waals surface area contributed by atoms with E-state index in [1.54, 1.807) is 42.5 Å². The quantitative estimate of drug-likeness (QED) is 0.416. The second-order valence-corrected chi connectivity index (χ2v) is 7.03. The Hall–Kier alpha value is -3.84. The minimum absolute atomic E-state index is 0.0389. The van der Waals surface area contributed by atoms with Crippen LogP contribution >= 0.6 is 11.6 Å². The molecule has 156 valence electrons. The average Bonchev–Trinajstić information content (AvgIpc) is 3.14. The van der Waals surface area contributed by atoms with Crippen molar-refractivity contribution >= 4 is 45.8 Å². The number of methoxy groups -OCH3 is 1. The van der Waals surface area contributed by atoms with Gasteiger partial charge >= 0.3 is 0 Å². The first-order chi connectivity index (χ1) is 14.9. The van der Waals surface area contributed by atoms with Crippen molar-refractivity contribution in [1.29, 1.82) is 0 Å². The number of nitrogens with one attached hydrogen (secondary N) is 2. The van der Waals surface area contributed by atoms with Crippen LogP contribution in [0.1, 0.15) is 20.9 Å². The molecular formula is C23H16ClFN2O4. The Morgan fingerprint density at radius 1 is 0.903 bits per heavy atom. The van der Waals surface area contributed by atoms with Crippen molar-refractivity contribution in [3.63, 3.8) is 0 Å². The highest BCUT2D eigenvalue weighted by atomic mass is 35.5. The van der Waals surface area contributed by atoms with Gasteiger partial charge in [0.2, 0.25) is 5.76 Å². The zero-order valence-corrected chi connectivity index (χ0v) is 17.0. The van der Waals surface area contributed by atoms with E-state index >= 15 is 0 Å². The van der Waals surface area contributed by atoms with E-state index in [2.05, 4.69) is 10.6 Å². The topological polar surface area (TPSA) is 80.6 Å². The summed E-state index contributed by atoms with van der Waals surface area (Å²) in [4.78, 5) is 25.1. The molecule has 2 N–H and O–H groups in total. The molecule has 0 spiro atoms. The monoisotopic (exact) mass is 438 g/mol. The predicted octanol–water partition coefficient (Wildman–Crippen LogP) is 5.74. The Morgan fingerprint density at radius 3 is 2.23 bits per heavy atom. The molecule has 3 aromatic carbocycles. The third-order valence-electron chi connectivity index (χ3n) is 4.52. The van der Waals surface area contributed by atoms with Gasteiger partial charge in [-0.05, 0) is 66.7 Å². The smallest absolute Gasteiger partial charge is 0.295 e. The Labute approximate surface area is 181 Å². The second-order valence-electron chi connectivity index (χ2n) is 6.60. The summed E-state index contributed by atoms with van der Waals surface area (Å²) in [6.45, 7) is 0. The summed E-state index contributed by atoms with van der Waals surface area (Å²) < 4.78 is 24.1. The summed E-state index contributed by atoms with van der Waals surface area (Å²) in [6.07, 6.45) is 0. The number of rotatable bonds is 5. The first-order valence-corrected chi connectivity index (χ1v) is 9.57. The van der Waals surface area contributed by atoms with Gasteiger partial charge in [-0.1, -0.05) is 11.6 Å². The second kappa shape index (κ2) is 8.49. The lowest BCUT2D eigenvalue weighted by Gasteiger charge is -2.06. The Kier molecular flexibility index (Phi) is 5.60. The third kappa shape index (κ3) is 4.36. The maximum absolute atomic E-state index is 13.1. The van der Waals surface area contributed by atoms with E-state index in [4.69, 9.17) is 20.8 Å². The molecule has 8 heteroatoms. The van der Waals surface area contributed by atoms with Crippen LogP contribution < -0.4 is 15.4 Å². The van der Waals surface area contributed by atoms with E-state index in [-0.39, 0.29) is 17.4 Å². The molecule has 0 atom stereocenters. The summed E-state index contributed by atoms with van der Waals surface area (Å²) >= 11 is 5.86. The van der Waals surface area contributed by atoms with Crippen LogP contribution in [-0.4, -0.2) is 18.9 Å². The van der Waals surface area contributed by atoms with Crippen molar-refractivity contribution in [2.45, 2.75) is 0 Å². The summed E-state index contributed by atoms with van der Waals surface area (Å²) in [5, 5.41) is 6.47. The number of hydrogen-bond donors (Lipinski definition) is 2. The molecule has 0 aliphatic rings. The number of benzene rings is 3. The van der Waals surface area contributed by atoms with E-state index in [1.807, 2.05) is 0 Å². The van der Waals surface area contributed by atoms with E-state index in [9.17, 15) is 14.0 Å². The molecule has 0 aliphatic carbocycles. The average molecular weight is 439 g/mol. The van der Waals surface area contributed by atoms with E-state index in [0.717, 1.165) is 0 Å². The molecule has 0 saturated heterocycles. The van der Waals surface area contributed by atoms with Gasteiger partial charge in [0.25, 0.3) is 11.8 Å². The van der Waals surface area contributed by atoms with Crippen molar-refractivity contribution in [1.82, 2.24) is 0 Å². The minimum Gasteiger partial charge on any atom is -0.492 e. The van der Waals surface area contributed by atoms with Crippen LogP contribution in [0.5, 0.6) is 5.75 Å². The molecule has 4 rings (SSSR count). The highest BCUT2D eigenvalue weighted by Gasteiger charge is 2.22. The van der Waals surface area contributed by atoms with Crippen LogP contribution in [0.15, 0.2) is 71.1 Å². The van der Waals surface area contributed by atoms with Crippen molar-refractivity contribution in [2.75, 3.05) is 17.7 Å². The van der Waals surface area contributed by atoms with Crippen LogP contribution in [0.25, 0.3) is 11.0 Å². The fourth-order valence-corrected chi connectivity index (χ4v) is 3.16. The van der Waals surface area contributed by atoms with Crippen molar-refractivity contribution in [3.8, 4) is 5.75 Å². The maximum atomic E-state index is 13.1. The Morgan fingerprint density at radius 2 is 1.55 bits per heavy atom. The van der Waals surface area contributed by atoms with Crippen LogP contribution in [0, 0.1) is 5.82 Å². The maximum Gasteiger partial charge on any atom is 0.295 e. The van der Waals surface area contributed by atoms with Crippen molar-refractivity contribution in [3.05, 3.63) is 88.9 Å². The number of furan rings is 1. The third-order valence-corrected chi connectivity index (χ3v) is 4.77. The molecule has 4 aromatic rings. The Balaban J connectivity index is 1.60. The van der Waals surface area contributed by atoms with Crippen LogP contribution in [-0.2, 0) is 0 Å². The fourth-order valence-electron chi connectivity index (χ4n) is 3.03. The summed E-state index contributed by atoms with van der Waals surface area (Å²) in [5.41, 5.74) is 1.76. The number of carbonyl (C=O) groups excluding carboxylic acids is 2. The van der Waals surface area contributed by atoms with Gasteiger partial charge < -0.3 is 19.8 Å². The fraction of sp³-hybridized carbons (Fsp3) is 0.0435. The number of carbonyl (C=O) groups is 2. The van der Waals surface area contributed by atoms with E-state index in [1.165, 1.54) is 31.4 Å². The van der Waals surface area contributed by atoms with E-state index < -0.39 is 11.7 Å². The summed E-state index contributed by atoms with van der Waals surface area (Å²) in [7, 11) is 1.41. The molecular weight excluding hydrogens is 423 g/mol. The lowest BCUT2D eigenvalue weighted by molar-refractivity contribution is 0.0992. The zero-order chi connectivity index (χ0) is 22.0. The largest absolute Gasteiger partial charge is 0.492 e. The first kappa shape index (κ1) is 20.4. The summed E-state index contributed by atoms with van der Waals surface area (Å²) in [5.74, 6) is -1.09. The lowest BCUT2D eigenvalue weighted by Crippen LogP contribution is -2.12. The standard InChI is InChI=1S/C23H16ClFN2O4/c1-30-20-18-12-17(27-22(28)13-2-4-14(24)5-3-13)10-11-19(18)31-21(20)23(29)26-16-8-6-15(25)7-9-16/h2-12H,1H3,(H,26,29)(H,27,28). The lowest BCUT2D eigenvalue weighted by atomic mass is 10.2. The van der Waals surface area contributed by atoms with Gasteiger partial charge in [-0.15, -0.1) is 0 Å². The number of halogens is 2. The van der Waals surface area contributed by atoms with E-state index in [0.29, 0.717) is 32.9 Å². The van der Waals surface area contributed by atoms with Crippen LogP contribution in [0.4, 0.5) is 15.8 Å². The molecule has 6 nitrogen and oxygen atoms in total. The molecule has 0 bridgehead atoms. The molecule has 2 amide bonds. The van der Waals surface area contributed by atoms with Gasteiger partial charge in [-0.3, -0.25) is 9.59 Å². The zero-order valence-electron chi connectivity index (χ0n) is 16.2. The van der Waals surface area contributed by atoms with Crippen LogP contribution in [0.3, 0.4) is 0 Å². The molecule has 1 heterocycles. The number of amides is 2. The van der Waals surface area contributed by atoms with Crippen molar-refractivity contribution < 1.29 is 23.1 Å². The first-order valence-electron chi connectivity index (χ1n) is 9.19. The predicted molar refractivity (Wildman–Crippen MR) is 117 cm³/mol. The molecule has 0 aliphatic heterocycles. The van der Waals surface area contributed by atoms with Gasteiger partial charge in [0.1, 0.15) is 11.4 Å². The summed E-state index contributed by atoms with van der Waals surface area (Å²) in [6, 6.07) is 16.8. The van der Waals surface area contributed by atoms with Gasteiger partial charge in [0.05, 0.1) is 12.5 Å². The Bertz CT molecular complexity index is 1270. The number of anilines is 2. The molecule has 0 radical (unpaired) electrons. The van der Waals surface area contributed by atoms with Gasteiger partial charge in [0.15, 0.2) is 5.75 Å². The minimum atomic E-state index is -0.550. The van der Waals surface area contributed by atoms with Crippen molar-refractivity contribution in [2.24, 2.45) is 0 Å². The molecule has 0 saturated carbocycles. The SMILES string of the molecule is COc1c(C(=O)Nc2ccc(F)cc2)oc2ccc(NC(=O)c3ccc(Cl)cc3)cc12. The normalized spacial score (nSPS) is 10.7. The number of ether oxygens (including phenoxy) is 1. The van der Waals surface area contributed by atoms with Gasteiger partial charge in [-0.25, -0.2) is 4.39 Å². The number of fused-ring (bicyclic) bond motifs is 1.